The van der Waals surface area contributed by atoms with Gasteiger partial charge in [0, 0.05) is 16.7 Å². The Hall–Kier alpha value is -1.46. The van der Waals surface area contributed by atoms with Gasteiger partial charge in [-0.3, -0.25) is 0 Å². The smallest absolute Gasteiger partial charge is 0.159 e. The Bertz CT molecular complexity index is 604. The van der Waals surface area contributed by atoms with Gasteiger partial charge < -0.3 is 5.32 Å². The van der Waals surface area contributed by atoms with Crippen LogP contribution in [0.5, 0.6) is 0 Å². The lowest BCUT2D eigenvalue weighted by Crippen LogP contribution is -2.23. The van der Waals surface area contributed by atoms with Crippen molar-refractivity contribution in [3.63, 3.8) is 0 Å². The van der Waals surface area contributed by atoms with Gasteiger partial charge in [-0.05, 0) is 42.4 Å². The Balaban J connectivity index is 2.09. The molecule has 0 fully saturated rings. The van der Waals surface area contributed by atoms with E-state index in [2.05, 4.69) is 5.32 Å². The van der Waals surface area contributed by atoms with Crippen LogP contribution in [0, 0.1) is 17.5 Å². The summed E-state index contributed by atoms with van der Waals surface area (Å²) in [6, 6.07) is 10.1. The van der Waals surface area contributed by atoms with Crippen molar-refractivity contribution < 1.29 is 13.2 Å². The Morgan fingerprint density at radius 1 is 1.05 bits per heavy atom. The summed E-state index contributed by atoms with van der Waals surface area (Å²) in [5.41, 5.74) is 0.680. The van der Waals surface area contributed by atoms with E-state index in [4.69, 9.17) is 0 Å². The summed E-state index contributed by atoms with van der Waals surface area (Å²) in [6.45, 7) is 2.65. The lowest BCUT2D eigenvalue weighted by Gasteiger charge is -2.18. The summed E-state index contributed by atoms with van der Waals surface area (Å²) in [7, 11) is 0. The van der Waals surface area contributed by atoms with Crippen molar-refractivity contribution in [2.24, 2.45) is 0 Å². The van der Waals surface area contributed by atoms with Gasteiger partial charge in [-0.2, -0.15) is 0 Å². The zero-order valence-corrected chi connectivity index (χ0v) is 12.4. The largest absolute Gasteiger partial charge is 0.309 e. The molecule has 5 heteroatoms. The second-order valence-electron chi connectivity index (χ2n) is 4.55. The van der Waals surface area contributed by atoms with E-state index in [1.807, 2.05) is 13.0 Å². The quantitative estimate of drug-likeness (QED) is 0.786. The first-order valence-electron chi connectivity index (χ1n) is 6.67. The van der Waals surface area contributed by atoms with E-state index in [1.54, 1.807) is 12.1 Å². The van der Waals surface area contributed by atoms with Crippen LogP contribution in [0.3, 0.4) is 0 Å². The highest BCUT2D eigenvalue weighted by molar-refractivity contribution is 7.99. The van der Waals surface area contributed by atoms with E-state index in [0.717, 1.165) is 11.0 Å². The predicted molar refractivity (Wildman–Crippen MR) is 79.9 cm³/mol. The molecule has 1 atom stereocenters. The molecule has 0 heterocycles. The molecule has 2 rings (SSSR count). The second kappa shape index (κ2) is 7.52. The predicted octanol–water partition coefficient (Wildman–Crippen LogP) is 4.55. The Kier molecular flexibility index (Phi) is 5.70. The molecule has 0 aliphatic heterocycles. The van der Waals surface area contributed by atoms with Crippen LogP contribution in [0.15, 0.2) is 47.4 Å². The van der Waals surface area contributed by atoms with Gasteiger partial charge in [0.2, 0.25) is 0 Å². The molecular formula is C16H16F3NS. The second-order valence-corrected chi connectivity index (χ2v) is 5.65. The summed E-state index contributed by atoms with van der Waals surface area (Å²) in [6.07, 6.45) is 0. The molecule has 0 spiro atoms. The average Bonchev–Trinajstić information content (AvgIpc) is 2.46. The molecule has 21 heavy (non-hydrogen) atoms. The highest BCUT2D eigenvalue weighted by Gasteiger charge is 2.13. The molecule has 2 aromatic carbocycles. The summed E-state index contributed by atoms with van der Waals surface area (Å²) >= 11 is 1.47. The van der Waals surface area contributed by atoms with Crippen LogP contribution in [0.2, 0.25) is 0 Å². The highest BCUT2D eigenvalue weighted by Crippen LogP contribution is 2.26. The zero-order valence-electron chi connectivity index (χ0n) is 11.6. The third-order valence-corrected chi connectivity index (χ3v) is 4.10. The third-order valence-electron chi connectivity index (χ3n) is 3.01. The van der Waals surface area contributed by atoms with Crippen LogP contribution in [-0.4, -0.2) is 12.3 Å². The Morgan fingerprint density at radius 3 is 2.52 bits per heavy atom. The monoisotopic (exact) mass is 311 g/mol. The summed E-state index contributed by atoms with van der Waals surface area (Å²) < 4.78 is 39.5. The summed E-state index contributed by atoms with van der Waals surface area (Å²) in [5, 5.41) is 3.23. The molecule has 1 nitrogen and oxygen atoms in total. The maximum absolute atomic E-state index is 13.3. The normalized spacial score (nSPS) is 12.4. The Morgan fingerprint density at radius 2 is 1.86 bits per heavy atom. The maximum atomic E-state index is 13.3. The third kappa shape index (κ3) is 4.51. The minimum absolute atomic E-state index is 0.127. The molecule has 0 aliphatic carbocycles. The first-order valence-corrected chi connectivity index (χ1v) is 7.65. The van der Waals surface area contributed by atoms with Gasteiger partial charge in [-0.15, -0.1) is 11.8 Å². The SMILES string of the molecule is CCNC(CSc1cccc(F)c1)c1ccc(F)c(F)c1. The van der Waals surface area contributed by atoms with Gasteiger partial charge in [0.1, 0.15) is 5.82 Å². The molecule has 0 radical (unpaired) electrons. The van der Waals surface area contributed by atoms with Crippen LogP contribution in [0.4, 0.5) is 13.2 Å². The zero-order chi connectivity index (χ0) is 15.2. The van der Waals surface area contributed by atoms with Crippen LogP contribution < -0.4 is 5.32 Å². The summed E-state index contributed by atoms with van der Waals surface area (Å²) in [5.74, 6) is -1.40. The number of halogens is 3. The minimum atomic E-state index is -0.855. The molecule has 0 saturated carbocycles. The van der Waals surface area contributed by atoms with E-state index >= 15 is 0 Å². The molecule has 0 saturated heterocycles. The van der Waals surface area contributed by atoms with Gasteiger partial charge in [-0.25, -0.2) is 13.2 Å². The molecule has 2 aromatic rings. The van der Waals surface area contributed by atoms with E-state index < -0.39 is 11.6 Å². The van der Waals surface area contributed by atoms with Crippen LogP contribution in [0.25, 0.3) is 0 Å². The number of nitrogens with one attached hydrogen (secondary N) is 1. The topological polar surface area (TPSA) is 12.0 Å². The lowest BCUT2D eigenvalue weighted by molar-refractivity contribution is 0.502. The molecular weight excluding hydrogens is 295 g/mol. The van der Waals surface area contributed by atoms with E-state index in [-0.39, 0.29) is 11.9 Å². The number of hydrogen-bond donors (Lipinski definition) is 1. The molecule has 0 amide bonds. The van der Waals surface area contributed by atoms with Gasteiger partial charge in [0.15, 0.2) is 11.6 Å². The van der Waals surface area contributed by atoms with Crippen molar-refractivity contribution in [1.82, 2.24) is 5.32 Å². The fraction of sp³-hybridized carbons (Fsp3) is 0.250. The molecule has 1 unspecified atom stereocenters. The fourth-order valence-corrected chi connectivity index (χ4v) is 3.02. The molecule has 1 N–H and O–H groups in total. The van der Waals surface area contributed by atoms with Gasteiger partial charge >= 0.3 is 0 Å². The first kappa shape index (κ1) is 15.9. The van der Waals surface area contributed by atoms with E-state index in [9.17, 15) is 13.2 Å². The Labute approximate surface area is 126 Å². The van der Waals surface area contributed by atoms with Gasteiger partial charge in [0.05, 0.1) is 0 Å². The fourth-order valence-electron chi connectivity index (χ4n) is 1.98. The lowest BCUT2D eigenvalue weighted by atomic mass is 10.1. The number of thioether (sulfide) groups is 1. The van der Waals surface area contributed by atoms with E-state index in [1.165, 1.54) is 30.0 Å². The first-order chi connectivity index (χ1) is 10.1. The van der Waals surface area contributed by atoms with Crippen LogP contribution in [0.1, 0.15) is 18.5 Å². The number of benzene rings is 2. The van der Waals surface area contributed by atoms with Crippen molar-refractivity contribution in [2.75, 3.05) is 12.3 Å². The number of hydrogen-bond acceptors (Lipinski definition) is 2. The van der Waals surface area contributed by atoms with Crippen LogP contribution >= 0.6 is 11.8 Å². The van der Waals surface area contributed by atoms with Gasteiger partial charge in [-0.1, -0.05) is 19.1 Å². The van der Waals surface area contributed by atoms with Gasteiger partial charge in [0.25, 0.3) is 0 Å². The standard InChI is InChI=1S/C16H16F3NS/c1-2-20-16(11-6-7-14(18)15(19)8-11)10-21-13-5-3-4-12(17)9-13/h3-9,16,20H,2,10H2,1H3. The summed E-state index contributed by atoms with van der Waals surface area (Å²) in [4.78, 5) is 0.806. The number of rotatable bonds is 6. The molecule has 0 bridgehead atoms. The van der Waals surface area contributed by atoms with E-state index in [0.29, 0.717) is 17.9 Å². The average molecular weight is 311 g/mol. The van der Waals surface area contributed by atoms with Crippen molar-refractivity contribution in [2.45, 2.75) is 17.9 Å². The van der Waals surface area contributed by atoms with Crippen LogP contribution in [-0.2, 0) is 0 Å². The van der Waals surface area contributed by atoms with Crippen molar-refractivity contribution in [3.8, 4) is 0 Å². The maximum Gasteiger partial charge on any atom is 0.159 e. The minimum Gasteiger partial charge on any atom is -0.309 e. The molecule has 0 aliphatic rings. The molecule has 0 aromatic heterocycles. The van der Waals surface area contributed by atoms with Crippen molar-refractivity contribution in [1.29, 1.82) is 0 Å². The van der Waals surface area contributed by atoms with Crippen molar-refractivity contribution >= 4 is 11.8 Å². The highest BCUT2D eigenvalue weighted by atomic mass is 32.2. The molecule has 112 valence electrons. The van der Waals surface area contributed by atoms with Crippen molar-refractivity contribution in [3.05, 3.63) is 65.5 Å².